The summed E-state index contributed by atoms with van der Waals surface area (Å²) in [6.45, 7) is 6.22. The van der Waals surface area contributed by atoms with Gasteiger partial charge in [-0.2, -0.15) is 0 Å². The van der Waals surface area contributed by atoms with Gasteiger partial charge in [-0.05, 0) is 50.0 Å². The number of nitrogens with two attached hydrogens (primary N) is 1. The number of carbonyl (C=O) groups is 1. The van der Waals surface area contributed by atoms with E-state index in [4.69, 9.17) is 17.3 Å². The van der Waals surface area contributed by atoms with Gasteiger partial charge in [-0.1, -0.05) is 18.5 Å². The van der Waals surface area contributed by atoms with Crippen LogP contribution in [0.2, 0.25) is 5.02 Å². The number of rotatable bonds is 5. The van der Waals surface area contributed by atoms with E-state index in [1.165, 1.54) is 25.9 Å². The molecule has 1 aromatic carbocycles. The average Bonchev–Trinajstić information content (AvgIpc) is 2.89. The van der Waals surface area contributed by atoms with Gasteiger partial charge in [0.2, 0.25) is 0 Å². The van der Waals surface area contributed by atoms with E-state index in [1.807, 2.05) is 0 Å². The molecule has 1 amide bonds. The van der Waals surface area contributed by atoms with Crippen LogP contribution in [-0.4, -0.2) is 37.0 Å². The maximum Gasteiger partial charge on any atom is 0.253 e. The molecule has 4 nitrogen and oxygen atoms in total. The molecule has 0 bridgehead atoms. The van der Waals surface area contributed by atoms with Crippen molar-refractivity contribution in [3.05, 3.63) is 28.8 Å². The molecular weight excluding hydrogens is 274 g/mol. The fourth-order valence-corrected chi connectivity index (χ4v) is 2.75. The Balaban J connectivity index is 1.81. The molecule has 5 heteroatoms. The van der Waals surface area contributed by atoms with Crippen molar-refractivity contribution >= 4 is 23.2 Å². The number of nitrogens with zero attached hydrogens (tertiary/aromatic N) is 1. The molecular formula is C15H22ClN3O. The zero-order valence-electron chi connectivity index (χ0n) is 11.9. The quantitative estimate of drug-likeness (QED) is 0.820. The van der Waals surface area contributed by atoms with Crippen LogP contribution in [0.4, 0.5) is 5.69 Å². The number of benzene rings is 1. The molecule has 1 heterocycles. The van der Waals surface area contributed by atoms with Crippen molar-refractivity contribution in [2.24, 2.45) is 5.92 Å². The number of nitrogens with one attached hydrogen (secondary N) is 1. The van der Waals surface area contributed by atoms with E-state index in [-0.39, 0.29) is 5.91 Å². The molecule has 0 saturated carbocycles. The molecule has 1 unspecified atom stereocenters. The lowest BCUT2D eigenvalue weighted by Gasteiger charge is -2.20. The molecule has 2 rings (SSSR count). The van der Waals surface area contributed by atoms with E-state index in [2.05, 4.69) is 17.1 Å². The lowest BCUT2D eigenvalue weighted by Crippen LogP contribution is -2.34. The molecule has 110 valence electrons. The van der Waals surface area contributed by atoms with Crippen LogP contribution >= 0.6 is 11.6 Å². The minimum atomic E-state index is -0.132. The Labute approximate surface area is 125 Å². The van der Waals surface area contributed by atoms with Crippen LogP contribution in [0.25, 0.3) is 0 Å². The predicted octanol–water partition coefficient (Wildman–Crippen LogP) is 2.38. The molecule has 0 radical (unpaired) electrons. The molecule has 20 heavy (non-hydrogen) atoms. The number of amides is 1. The SMILES string of the molecule is CC(CNC(=O)c1ccc(Cl)cc1N)CN1CCCC1. The zero-order valence-corrected chi connectivity index (χ0v) is 12.6. The molecule has 1 aliphatic rings. The summed E-state index contributed by atoms with van der Waals surface area (Å²) in [5.41, 5.74) is 6.71. The van der Waals surface area contributed by atoms with Gasteiger partial charge < -0.3 is 16.0 Å². The summed E-state index contributed by atoms with van der Waals surface area (Å²) in [6.07, 6.45) is 2.58. The van der Waals surface area contributed by atoms with Crippen LogP contribution < -0.4 is 11.1 Å². The van der Waals surface area contributed by atoms with Crippen molar-refractivity contribution in [3.8, 4) is 0 Å². The standard InChI is InChI=1S/C15H22ClN3O/c1-11(10-19-6-2-3-7-19)9-18-15(20)13-5-4-12(16)8-14(13)17/h4-5,8,11H,2-3,6-7,9-10,17H2,1H3,(H,18,20). The molecule has 1 saturated heterocycles. The van der Waals surface area contributed by atoms with Crippen molar-refractivity contribution in [2.75, 3.05) is 31.9 Å². The van der Waals surface area contributed by atoms with Gasteiger partial charge in [-0.15, -0.1) is 0 Å². The van der Waals surface area contributed by atoms with Gasteiger partial charge in [0.25, 0.3) is 5.91 Å². The molecule has 0 spiro atoms. The fraction of sp³-hybridized carbons (Fsp3) is 0.533. The Morgan fingerprint density at radius 3 is 2.80 bits per heavy atom. The van der Waals surface area contributed by atoms with Crippen LogP contribution in [0.1, 0.15) is 30.1 Å². The van der Waals surface area contributed by atoms with E-state index in [1.54, 1.807) is 18.2 Å². The smallest absolute Gasteiger partial charge is 0.253 e. The third kappa shape index (κ3) is 4.12. The van der Waals surface area contributed by atoms with E-state index in [9.17, 15) is 4.79 Å². The minimum Gasteiger partial charge on any atom is -0.398 e. The van der Waals surface area contributed by atoms with Crippen molar-refractivity contribution in [1.29, 1.82) is 0 Å². The molecule has 0 aromatic heterocycles. The third-order valence-electron chi connectivity index (χ3n) is 3.64. The van der Waals surface area contributed by atoms with Crippen molar-refractivity contribution in [3.63, 3.8) is 0 Å². The van der Waals surface area contributed by atoms with Crippen molar-refractivity contribution in [1.82, 2.24) is 10.2 Å². The number of hydrogen-bond donors (Lipinski definition) is 2. The molecule has 0 aliphatic carbocycles. The van der Waals surface area contributed by atoms with E-state index < -0.39 is 0 Å². The zero-order chi connectivity index (χ0) is 14.5. The second-order valence-electron chi connectivity index (χ2n) is 5.55. The van der Waals surface area contributed by atoms with E-state index in [0.717, 1.165) is 6.54 Å². The Morgan fingerprint density at radius 2 is 2.15 bits per heavy atom. The van der Waals surface area contributed by atoms with Crippen LogP contribution in [0.15, 0.2) is 18.2 Å². The van der Waals surface area contributed by atoms with Gasteiger partial charge in [0, 0.05) is 23.8 Å². The number of hydrogen-bond acceptors (Lipinski definition) is 3. The highest BCUT2D eigenvalue weighted by Crippen LogP contribution is 2.18. The number of halogens is 1. The molecule has 1 aromatic rings. The van der Waals surface area contributed by atoms with Gasteiger partial charge in [0.1, 0.15) is 0 Å². The topological polar surface area (TPSA) is 58.4 Å². The van der Waals surface area contributed by atoms with Crippen LogP contribution in [0.3, 0.4) is 0 Å². The first-order chi connectivity index (χ1) is 9.56. The minimum absolute atomic E-state index is 0.132. The summed E-state index contributed by atoms with van der Waals surface area (Å²) in [4.78, 5) is 14.5. The first kappa shape index (κ1) is 15.1. The van der Waals surface area contributed by atoms with Gasteiger partial charge >= 0.3 is 0 Å². The van der Waals surface area contributed by atoms with Gasteiger partial charge in [-0.3, -0.25) is 4.79 Å². The van der Waals surface area contributed by atoms with Crippen LogP contribution in [0.5, 0.6) is 0 Å². The Kier molecular flexibility index (Phi) is 5.26. The number of anilines is 1. The first-order valence-corrected chi connectivity index (χ1v) is 7.49. The molecule has 1 aliphatic heterocycles. The monoisotopic (exact) mass is 295 g/mol. The predicted molar refractivity (Wildman–Crippen MR) is 83.0 cm³/mol. The third-order valence-corrected chi connectivity index (χ3v) is 3.87. The second kappa shape index (κ2) is 6.95. The van der Waals surface area contributed by atoms with Crippen molar-refractivity contribution in [2.45, 2.75) is 19.8 Å². The molecule has 3 N–H and O–H groups in total. The maximum absolute atomic E-state index is 12.1. The lowest BCUT2D eigenvalue weighted by atomic mass is 10.1. The highest BCUT2D eigenvalue weighted by molar-refractivity contribution is 6.31. The maximum atomic E-state index is 12.1. The largest absolute Gasteiger partial charge is 0.398 e. The highest BCUT2D eigenvalue weighted by Gasteiger charge is 2.16. The summed E-state index contributed by atoms with van der Waals surface area (Å²) in [5.74, 6) is 0.304. The van der Waals surface area contributed by atoms with E-state index in [0.29, 0.717) is 28.7 Å². The van der Waals surface area contributed by atoms with Crippen molar-refractivity contribution < 1.29 is 4.79 Å². The van der Waals surface area contributed by atoms with Gasteiger partial charge in [-0.25, -0.2) is 0 Å². The number of likely N-dealkylation sites (tertiary alicyclic amines) is 1. The van der Waals surface area contributed by atoms with Gasteiger partial charge in [0.15, 0.2) is 0 Å². The number of carbonyl (C=O) groups excluding carboxylic acids is 1. The normalized spacial score (nSPS) is 17.1. The first-order valence-electron chi connectivity index (χ1n) is 7.12. The Hall–Kier alpha value is -1.26. The molecule has 1 fully saturated rings. The summed E-state index contributed by atoms with van der Waals surface area (Å²) in [5, 5.41) is 3.49. The van der Waals surface area contributed by atoms with Crippen LogP contribution in [-0.2, 0) is 0 Å². The summed E-state index contributed by atoms with van der Waals surface area (Å²) < 4.78 is 0. The second-order valence-corrected chi connectivity index (χ2v) is 5.99. The Morgan fingerprint density at radius 1 is 1.45 bits per heavy atom. The lowest BCUT2D eigenvalue weighted by molar-refractivity contribution is 0.0946. The summed E-state index contributed by atoms with van der Waals surface area (Å²) in [6, 6.07) is 4.95. The molecule has 1 atom stereocenters. The highest BCUT2D eigenvalue weighted by atomic mass is 35.5. The Bertz CT molecular complexity index is 472. The fourth-order valence-electron chi connectivity index (χ4n) is 2.57. The summed E-state index contributed by atoms with van der Waals surface area (Å²) in [7, 11) is 0. The van der Waals surface area contributed by atoms with Crippen LogP contribution in [0, 0.1) is 5.92 Å². The van der Waals surface area contributed by atoms with Gasteiger partial charge in [0.05, 0.1) is 5.56 Å². The summed E-state index contributed by atoms with van der Waals surface area (Å²) >= 11 is 5.83. The number of nitrogen functional groups attached to an aromatic ring is 1. The van der Waals surface area contributed by atoms with E-state index >= 15 is 0 Å². The average molecular weight is 296 g/mol.